The molecule has 0 aliphatic heterocycles. The van der Waals surface area contributed by atoms with Crippen molar-refractivity contribution in [3.63, 3.8) is 0 Å². The van der Waals surface area contributed by atoms with Crippen molar-refractivity contribution in [1.82, 2.24) is 9.97 Å². The molecular weight excluding hydrogens is 180 g/mol. The molecule has 2 aromatic heterocycles. The molecule has 0 radical (unpaired) electrons. The van der Waals surface area contributed by atoms with E-state index in [1.807, 2.05) is 13.8 Å². The highest BCUT2D eigenvalue weighted by Crippen LogP contribution is 2.20. The number of rotatable bonds is 1. The van der Waals surface area contributed by atoms with Gasteiger partial charge in [-0.15, -0.1) is 0 Å². The van der Waals surface area contributed by atoms with Gasteiger partial charge < -0.3 is 4.42 Å². The van der Waals surface area contributed by atoms with Gasteiger partial charge in [-0.1, -0.05) is 13.8 Å². The average molecular weight is 190 g/mol. The van der Waals surface area contributed by atoms with Gasteiger partial charge in [0.15, 0.2) is 0 Å². The van der Waals surface area contributed by atoms with Crippen molar-refractivity contribution in [1.29, 1.82) is 0 Å². The first-order chi connectivity index (χ1) is 6.68. The van der Waals surface area contributed by atoms with Gasteiger partial charge in [0.05, 0.1) is 11.1 Å². The van der Waals surface area contributed by atoms with Crippen LogP contribution in [0.5, 0.6) is 0 Å². The molecule has 4 nitrogen and oxygen atoms in total. The molecule has 0 N–H and O–H groups in total. The SMILES string of the molecule is CC(C)c1nc(=O)oc2ccncc12. The van der Waals surface area contributed by atoms with Crippen molar-refractivity contribution < 1.29 is 4.42 Å². The minimum Gasteiger partial charge on any atom is -0.408 e. The van der Waals surface area contributed by atoms with Crippen LogP contribution in [0.2, 0.25) is 0 Å². The average Bonchev–Trinajstić information content (AvgIpc) is 2.16. The maximum atomic E-state index is 11.1. The second-order valence-corrected chi connectivity index (χ2v) is 3.39. The molecule has 0 spiro atoms. The Balaban J connectivity index is 2.87. The molecule has 0 bridgehead atoms. The molecule has 0 aliphatic rings. The van der Waals surface area contributed by atoms with E-state index in [0.717, 1.165) is 11.1 Å². The summed E-state index contributed by atoms with van der Waals surface area (Å²) in [5, 5.41) is 0.808. The Morgan fingerprint density at radius 3 is 2.93 bits per heavy atom. The summed E-state index contributed by atoms with van der Waals surface area (Å²) in [5.74, 6) is -0.363. The van der Waals surface area contributed by atoms with E-state index in [1.54, 1.807) is 18.5 Å². The molecule has 0 saturated heterocycles. The summed E-state index contributed by atoms with van der Waals surface area (Å²) in [5.41, 5.74) is 1.29. The quantitative estimate of drug-likeness (QED) is 0.686. The van der Waals surface area contributed by atoms with Crippen molar-refractivity contribution in [3.8, 4) is 0 Å². The molecule has 0 aliphatic carbocycles. The van der Waals surface area contributed by atoms with Crippen molar-refractivity contribution in [2.24, 2.45) is 0 Å². The van der Waals surface area contributed by atoms with Gasteiger partial charge in [-0.3, -0.25) is 4.98 Å². The third-order valence-corrected chi connectivity index (χ3v) is 2.01. The topological polar surface area (TPSA) is 56.0 Å². The maximum absolute atomic E-state index is 11.1. The van der Waals surface area contributed by atoms with Crippen LogP contribution in [0, 0.1) is 0 Å². The van der Waals surface area contributed by atoms with E-state index >= 15 is 0 Å². The minimum atomic E-state index is -0.549. The summed E-state index contributed by atoms with van der Waals surface area (Å²) >= 11 is 0. The highest BCUT2D eigenvalue weighted by Gasteiger charge is 2.09. The first-order valence-corrected chi connectivity index (χ1v) is 4.43. The maximum Gasteiger partial charge on any atom is 0.439 e. The summed E-state index contributed by atoms with van der Waals surface area (Å²) in [6, 6.07) is 1.67. The van der Waals surface area contributed by atoms with E-state index in [0.29, 0.717) is 5.58 Å². The largest absolute Gasteiger partial charge is 0.439 e. The van der Waals surface area contributed by atoms with Gasteiger partial charge in [0, 0.05) is 18.5 Å². The van der Waals surface area contributed by atoms with Crippen molar-refractivity contribution in [2.45, 2.75) is 19.8 Å². The van der Waals surface area contributed by atoms with E-state index in [-0.39, 0.29) is 5.92 Å². The minimum absolute atomic E-state index is 0.186. The number of fused-ring (bicyclic) bond motifs is 1. The first kappa shape index (κ1) is 8.87. The molecule has 0 unspecified atom stereocenters. The van der Waals surface area contributed by atoms with E-state index in [9.17, 15) is 4.79 Å². The summed E-state index contributed by atoms with van der Waals surface area (Å²) in [4.78, 5) is 18.9. The van der Waals surface area contributed by atoms with E-state index in [4.69, 9.17) is 4.42 Å². The Morgan fingerprint density at radius 1 is 1.43 bits per heavy atom. The van der Waals surface area contributed by atoms with Crippen molar-refractivity contribution in [3.05, 3.63) is 34.7 Å². The summed E-state index contributed by atoms with van der Waals surface area (Å²) < 4.78 is 4.95. The fourth-order valence-corrected chi connectivity index (χ4v) is 1.38. The van der Waals surface area contributed by atoms with Crippen LogP contribution in [0.1, 0.15) is 25.5 Å². The Kier molecular flexibility index (Phi) is 2.04. The number of pyridine rings is 1. The smallest absolute Gasteiger partial charge is 0.408 e. The molecule has 0 aromatic carbocycles. The second-order valence-electron chi connectivity index (χ2n) is 3.39. The Hall–Kier alpha value is -1.71. The van der Waals surface area contributed by atoms with Crippen LogP contribution in [0.25, 0.3) is 11.0 Å². The van der Waals surface area contributed by atoms with Gasteiger partial charge in [0.2, 0.25) is 0 Å². The molecule has 14 heavy (non-hydrogen) atoms. The lowest BCUT2D eigenvalue weighted by Crippen LogP contribution is -2.09. The van der Waals surface area contributed by atoms with Gasteiger partial charge in [-0.25, -0.2) is 4.79 Å². The second kappa shape index (κ2) is 3.21. The molecule has 0 saturated carbocycles. The number of hydrogen-bond donors (Lipinski definition) is 0. The van der Waals surface area contributed by atoms with E-state index in [1.165, 1.54) is 0 Å². The highest BCUT2D eigenvalue weighted by molar-refractivity contribution is 5.77. The lowest BCUT2D eigenvalue weighted by molar-refractivity contribution is 0.522. The van der Waals surface area contributed by atoms with Gasteiger partial charge in [-0.2, -0.15) is 4.98 Å². The predicted octanol–water partition coefficient (Wildman–Crippen LogP) is 1.71. The van der Waals surface area contributed by atoms with Crippen molar-refractivity contribution >= 4 is 11.0 Å². The molecule has 2 heterocycles. The first-order valence-electron chi connectivity index (χ1n) is 4.43. The van der Waals surface area contributed by atoms with Crippen molar-refractivity contribution in [2.75, 3.05) is 0 Å². The predicted molar refractivity (Wildman–Crippen MR) is 52.2 cm³/mol. The highest BCUT2D eigenvalue weighted by atomic mass is 16.4. The summed E-state index contributed by atoms with van der Waals surface area (Å²) in [6.45, 7) is 3.96. The molecule has 4 heteroatoms. The fourth-order valence-electron chi connectivity index (χ4n) is 1.38. The standard InChI is InChI=1S/C10H10N2O2/c1-6(2)9-7-5-11-4-3-8(7)14-10(13)12-9/h3-6H,1-2H3. The number of nitrogens with zero attached hydrogens (tertiary/aromatic N) is 2. The molecule has 2 rings (SSSR count). The molecule has 0 atom stereocenters. The Morgan fingerprint density at radius 2 is 2.21 bits per heavy atom. The lowest BCUT2D eigenvalue weighted by atomic mass is 10.1. The van der Waals surface area contributed by atoms with Gasteiger partial charge in [0.1, 0.15) is 5.58 Å². The summed E-state index contributed by atoms with van der Waals surface area (Å²) in [6.07, 6.45) is 3.26. The zero-order chi connectivity index (χ0) is 10.1. The molecule has 0 fully saturated rings. The van der Waals surface area contributed by atoms with E-state index in [2.05, 4.69) is 9.97 Å². The van der Waals surface area contributed by atoms with Gasteiger partial charge in [-0.05, 0) is 5.92 Å². The van der Waals surface area contributed by atoms with E-state index < -0.39 is 5.76 Å². The fraction of sp³-hybridized carbons (Fsp3) is 0.300. The number of aromatic nitrogens is 2. The van der Waals surface area contributed by atoms with Crippen LogP contribution in [0.15, 0.2) is 27.7 Å². The van der Waals surface area contributed by atoms with Crippen LogP contribution < -0.4 is 5.76 Å². The van der Waals surface area contributed by atoms with Crippen LogP contribution >= 0.6 is 0 Å². The molecule has 2 aromatic rings. The van der Waals surface area contributed by atoms with Gasteiger partial charge in [0.25, 0.3) is 0 Å². The third kappa shape index (κ3) is 1.39. The van der Waals surface area contributed by atoms with Crippen LogP contribution in [0.4, 0.5) is 0 Å². The number of hydrogen-bond acceptors (Lipinski definition) is 4. The Bertz CT molecular complexity index is 517. The van der Waals surface area contributed by atoms with Crippen LogP contribution in [-0.2, 0) is 0 Å². The molecule has 72 valence electrons. The third-order valence-electron chi connectivity index (χ3n) is 2.01. The zero-order valence-electron chi connectivity index (χ0n) is 8.02. The summed E-state index contributed by atoms with van der Waals surface area (Å²) in [7, 11) is 0. The molecule has 0 amide bonds. The lowest BCUT2D eigenvalue weighted by Gasteiger charge is -2.05. The normalized spacial score (nSPS) is 11.1. The zero-order valence-corrected chi connectivity index (χ0v) is 8.02. The monoisotopic (exact) mass is 190 g/mol. The Labute approximate surface area is 80.6 Å². The van der Waals surface area contributed by atoms with Gasteiger partial charge >= 0.3 is 5.76 Å². The van der Waals surface area contributed by atoms with Crippen LogP contribution in [-0.4, -0.2) is 9.97 Å². The van der Waals surface area contributed by atoms with Crippen LogP contribution in [0.3, 0.4) is 0 Å². The molecular formula is C10H10N2O2.